The number of nitrogens with zero attached hydrogens (tertiary/aromatic N) is 2. The van der Waals surface area contributed by atoms with Gasteiger partial charge in [0, 0.05) is 30.7 Å². The van der Waals surface area contributed by atoms with Crippen LogP contribution in [-0.4, -0.2) is 58.3 Å². The Hall–Kier alpha value is -2.29. The second-order valence-corrected chi connectivity index (χ2v) is 10.7. The molecule has 1 atom stereocenters. The summed E-state index contributed by atoms with van der Waals surface area (Å²) < 4.78 is 43.1. The molecule has 2 saturated carbocycles. The number of amides is 2. The Morgan fingerprint density at radius 3 is 2.24 bits per heavy atom. The number of carbonyl (C=O) groups is 2. The predicted molar refractivity (Wildman–Crippen MR) is 118 cm³/mol. The lowest BCUT2D eigenvalue weighted by Crippen LogP contribution is -2.51. The van der Waals surface area contributed by atoms with Crippen LogP contribution in [0.1, 0.15) is 64.7 Å². The van der Waals surface area contributed by atoms with Gasteiger partial charge in [-0.1, -0.05) is 0 Å². The molecule has 2 heterocycles. The van der Waals surface area contributed by atoms with Crippen LogP contribution in [0.2, 0.25) is 0 Å². The van der Waals surface area contributed by atoms with E-state index >= 15 is 0 Å². The van der Waals surface area contributed by atoms with Crippen molar-refractivity contribution in [2.45, 2.75) is 88.1 Å². The molecule has 4 fully saturated rings. The van der Waals surface area contributed by atoms with Gasteiger partial charge in [-0.3, -0.25) is 9.59 Å². The Kier molecular flexibility index (Phi) is 5.42. The normalized spacial score (nSPS) is 31.6. The van der Waals surface area contributed by atoms with E-state index in [1.54, 1.807) is 17.0 Å². The number of rotatable bonds is 5. The van der Waals surface area contributed by atoms with Gasteiger partial charge in [0.05, 0.1) is 11.0 Å². The first-order valence-corrected chi connectivity index (χ1v) is 12.1. The molecule has 2 aliphatic carbocycles. The molecule has 1 N–H and O–H groups in total. The number of aliphatic hydroxyl groups is 1. The van der Waals surface area contributed by atoms with E-state index in [2.05, 4.69) is 0 Å². The number of likely N-dealkylation sites (tertiary alicyclic amines) is 1. The van der Waals surface area contributed by atoms with Crippen molar-refractivity contribution >= 4 is 17.5 Å². The fourth-order valence-corrected chi connectivity index (χ4v) is 5.95. The fourth-order valence-electron chi connectivity index (χ4n) is 5.95. The molecule has 34 heavy (non-hydrogen) atoms. The maximum Gasteiger partial charge on any atom is 0.425 e. The van der Waals surface area contributed by atoms with Gasteiger partial charge in [-0.25, -0.2) is 0 Å². The predicted octanol–water partition coefficient (Wildman–Crippen LogP) is 4.20. The standard InChI is InChI=1S/C25H31F3N2O4/c1-17(25(26,27)28)34-19-4-2-18(3-5-19)29-15-14-22(21(29)32)8-12-24(33,13-9-22)16-30-20(31)6-7-23(30)10-11-23/h2-5,17,33H,6-16H2,1H3/t17-,22?,24?/m1/s1. The van der Waals surface area contributed by atoms with Gasteiger partial charge < -0.3 is 19.6 Å². The highest BCUT2D eigenvalue weighted by Crippen LogP contribution is 2.53. The molecular formula is C25H31F3N2O4. The second kappa shape index (κ2) is 7.86. The Balaban J connectivity index is 1.21. The highest BCUT2D eigenvalue weighted by Gasteiger charge is 2.57. The highest BCUT2D eigenvalue weighted by molar-refractivity contribution is 6.00. The molecule has 5 rings (SSSR count). The molecule has 1 aromatic carbocycles. The molecule has 2 amide bonds. The Bertz CT molecular complexity index is 965. The molecule has 0 bridgehead atoms. The molecular weight excluding hydrogens is 449 g/mol. The lowest BCUT2D eigenvalue weighted by atomic mass is 9.67. The summed E-state index contributed by atoms with van der Waals surface area (Å²) in [6, 6.07) is 6.14. The second-order valence-electron chi connectivity index (χ2n) is 10.7. The summed E-state index contributed by atoms with van der Waals surface area (Å²) in [7, 11) is 0. The zero-order valence-electron chi connectivity index (χ0n) is 19.4. The molecule has 6 nitrogen and oxygen atoms in total. The SMILES string of the molecule is C[C@@H](Oc1ccc(N2CCC3(CCC(O)(CN4C(=O)CCC45CC5)CC3)C2=O)cc1)C(F)(F)F. The Morgan fingerprint density at radius 1 is 1.00 bits per heavy atom. The molecule has 186 valence electrons. The molecule has 2 spiro atoms. The van der Waals surface area contributed by atoms with Crippen molar-refractivity contribution in [2.75, 3.05) is 18.0 Å². The van der Waals surface area contributed by atoms with Crippen LogP contribution in [0, 0.1) is 5.41 Å². The minimum Gasteiger partial charge on any atom is -0.481 e. The molecule has 2 saturated heterocycles. The van der Waals surface area contributed by atoms with Gasteiger partial charge in [-0.15, -0.1) is 0 Å². The van der Waals surface area contributed by atoms with E-state index in [1.807, 2.05) is 4.90 Å². The minimum absolute atomic E-state index is 0.00258. The number of ether oxygens (including phenoxy) is 1. The first-order valence-electron chi connectivity index (χ1n) is 12.1. The lowest BCUT2D eigenvalue weighted by molar-refractivity contribution is -0.189. The largest absolute Gasteiger partial charge is 0.481 e. The maximum absolute atomic E-state index is 13.4. The van der Waals surface area contributed by atoms with Gasteiger partial charge in [0.2, 0.25) is 11.8 Å². The van der Waals surface area contributed by atoms with Crippen LogP contribution in [0.25, 0.3) is 0 Å². The number of carbonyl (C=O) groups excluding carboxylic acids is 2. The van der Waals surface area contributed by atoms with Gasteiger partial charge in [-0.05, 0) is 82.6 Å². The van der Waals surface area contributed by atoms with Crippen molar-refractivity contribution in [1.82, 2.24) is 4.90 Å². The molecule has 4 aliphatic rings. The lowest BCUT2D eigenvalue weighted by Gasteiger charge is -2.43. The monoisotopic (exact) mass is 480 g/mol. The van der Waals surface area contributed by atoms with E-state index in [-0.39, 0.29) is 23.1 Å². The summed E-state index contributed by atoms with van der Waals surface area (Å²) in [5.41, 5.74) is -0.871. The topological polar surface area (TPSA) is 70.1 Å². The maximum atomic E-state index is 13.4. The van der Waals surface area contributed by atoms with Crippen molar-refractivity contribution in [3.8, 4) is 5.75 Å². The van der Waals surface area contributed by atoms with E-state index in [4.69, 9.17) is 4.74 Å². The molecule has 0 unspecified atom stereocenters. The van der Waals surface area contributed by atoms with Crippen LogP contribution in [0.5, 0.6) is 5.75 Å². The third-order valence-electron chi connectivity index (χ3n) is 8.53. The Morgan fingerprint density at radius 2 is 1.65 bits per heavy atom. The van der Waals surface area contributed by atoms with Crippen molar-refractivity contribution in [1.29, 1.82) is 0 Å². The number of anilines is 1. The van der Waals surface area contributed by atoms with E-state index in [1.165, 1.54) is 12.1 Å². The number of alkyl halides is 3. The number of β-amino-alcohol motifs (C(OH)–C–C–N with tert-alkyl or cyclic N) is 1. The van der Waals surface area contributed by atoms with Crippen LogP contribution in [0.4, 0.5) is 18.9 Å². The van der Waals surface area contributed by atoms with Gasteiger partial charge >= 0.3 is 6.18 Å². The van der Waals surface area contributed by atoms with Crippen LogP contribution >= 0.6 is 0 Å². The van der Waals surface area contributed by atoms with E-state index in [0.717, 1.165) is 26.2 Å². The smallest absolute Gasteiger partial charge is 0.425 e. The van der Waals surface area contributed by atoms with Gasteiger partial charge in [-0.2, -0.15) is 13.2 Å². The summed E-state index contributed by atoms with van der Waals surface area (Å²) in [5, 5.41) is 11.3. The summed E-state index contributed by atoms with van der Waals surface area (Å²) in [4.78, 5) is 29.4. The van der Waals surface area contributed by atoms with E-state index < -0.39 is 23.3 Å². The third kappa shape index (κ3) is 4.06. The number of hydrogen-bond donors (Lipinski definition) is 1. The quantitative estimate of drug-likeness (QED) is 0.686. The number of hydrogen-bond acceptors (Lipinski definition) is 4. The summed E-state index contributed by atoms with van der Waals surface area (Å²) >= 11 is 0. The first-order chi connectivity index (χ1) is 16.0. The summed E-state index contributed by atoms with van der Waals surface area (Å²) in [6.07, 6.45) is -0.0973. The molecule has 0 aromatic heterocycles. The minimum atomic E-state index is -4.44. The Labute approximate surface area is 197 Å². The average molecular weight is 481 g/mol. The van der Waals surface area contributed by atoms with Crippen LogP contribution in [0.15, 0.2) is 24.3 Å². The highest BCUT2D eigenvalue weighted by atomic mass is 19.4. The number of halogens is 3. The molecule has 2 aliphatic heterocycles. The third-order valence-corrected chi connectivity index (χ3v) is 8.53. The van der Waals surface area contributed by atoms with Crippen molar-refractivity contribution in [3.63, 3.8) is 0 Å². The van der Waals surface area contributed by atoms with E-state index in [9.17, 15) is 27.9 Å². The number of benzene rings is 1. The van der Waals surface area contributed by atoms with Gasteiger partial charge in [0.1, 0.15) is 5.75 Å². The molecule has 0 radical (unpaired) electrons. The zero-order valence-corrected chi connectivity index (χ0v) is 19.4. The molecule has 1 aromatic rings. The summed E-state index contributed by atoms with van der Waals surface area (Å²) in [6.45, 7) is 1.85. The fraction of sp³-hybridized carbons (Fsp3) is 0.680. The van der Waals surface area contributed by atoms with Gasteiger partial charge in [0.25, 0.3) is 0 Å². The summed E-state index contributed by atoms with van der Waals surface area (Å²) in [5.74, 6) is 0.233. The van der Waals surface area contributed by atoms with Gasteiger partial charge in [0.15, 0.2) is 6.10 Å². The van der Waals surface area contributed by atoms with Crippen LogP contribution in [0.3, 0.4) is 0 Å². The van der Waals surface area contributed by atoms with Crippen LogP contribution in [-0.2, 0) is 9.59 Å². The first kappa shape index (κ1) is 23.5. The van der Waals surface area contributed by atoms with Crippen molar-refractivity contribution in [3.05, 3.63) is 24.3 Å². The van der Waals surface area contributed by atoms with Crippen molar-refractivity contribution in [2.24, 2.45) is 5.41 Å². The van der Waals surface area contributed by atoms with Crippen LogP contribution < -0.4 is 9.64 Å². The zero-order chi connectivity index (χ0) is 24.4. The average Bonchev–Trinajstić information content (AvgIpc) is 3.44. The molecule has 9 heteroatoms. The van der Waals surface area contributed by atoms with E-state index in [0.29, 0.717) is 57.3 Å². The van der Waals surface area contributed by atoms with Crippen molar-refractivity contribution < 1.29 is 32.6 Å².